The Labute approximate surface area is 164 Å². The Balaban J connectivity index is 3.84. The monoisotopic (exact) mass is 358 g/mol. The maximum Gasteiger partial charge on any atom is 0.178 e. The Morgan fingerprint density at radius 2 is 1.00 bits per heavy atom. The largest absolute Gasteiger partial charge is 0.290 e. The van der Waals surface area contributed by atoms with Gasteiger partial charge in [-0.05, 0) is 31.9 Å². The molecule has 0 aromatic carbocycles. The smallest absolute Gasteiger partial charge is 0.178 e. The Bertz CT molecular complexity index is 684. The molecule has 0 aromatic rings. The summed E-state index contributed by atoms with van der Waals surface area (Å²) in [7, 11) is 0. The van der Waals surface area contributed by atoms with Crippen LogP contribution in [-0.2, 0) is 4.79 Å². The summed E-state index contributed by atoms with van der Waals surface area (Å²) in [6, 6.07) is 0. The summed E-state index contributed by atoms with van der Waals surface area (Å²) in [6.07, 6.45) is 42.4. The van der Waals surface area contributed by atoms with E-state index in [9.17, 15) is 4.79 Å². The van der Waals surface area contributed by atoms with Crippen LogP contribution in [0.5, 0.6) is 0 Å². The zero-order valence-corrected chi connectivity index (χ0v) is 16.2. The van der Waals surface area contributed by atoms with Gasteiger partial charge in [0.1, 0.15) is 0 Å². The van der Waals surface area contributed by atoms with Gasteiger partial charge in [-0.3, -0.25) is 4.79 Å². The predicted octanol–water partition coefficient (Wildman–Crippen LogP) is 7.10. The fourth-order valence-electron chi connectivity index (χ4n) is 1.63. The van der Waals surface area contributed by atoms with Crippen LogP contribution in [0.3, 0.4) is 0 Å². The molecule has 0 spiro atoms. The minimum atomic E-state index is -0.0952. The van der Waals surface area contributed by atoms with E-state index in [1.165, 1.54) is 12.2 Å². The van der Waals surface area contributed by atoms with E-state index in [0.717, 1.165) is 12.8 Å². The van der Waals surface area contributed by atoms with E-state index in [1.54, 1.807) is 12.2 Å². The molecule has 0 aromatic heterocycles. The van der Waals surface area contributed by atoms with Crippen LogP contribution in [0.2, 0.25) is 0 Å². The summed E-state index contributed by atoms with van der Waals surface area (Å²) in [6.45, 7) is 5.40. The lowest BCUT2D eigenvalue weighted by Crippen LogP contribution is -1.80. The van der Waals surface area contributed by atoms with Gasteiger partial charge in [0, 0.05) is 0 Å². The highest BCUT2D eigenvalue weighted by Gasteiger charge is 1.80. The van der Waals surface area contributed by atoms with E-state index in [1.807, 2.05) is 79.8 Å². The van der Waals surface area contributed by atoms with Gasteiger partial charge in [-0.2, -0.15) is 0 Å². The second kappa shape index (κ2) is 20.9. The number of allylic oxidation sites excluding steroid dienone is 21. The number of rotatable bonds is 13. The Kier molecular flexibility index (Phi) is 18.4. The van der Waals surface area contributed by atoms with Gasteiger partial charge in [0.15, 0.2) is 5.78 Å². The average Bonchev–Trinajstić information content (AvgIpc) is 2.68. The van der Waals surface area contributed by atoms with Crippen molar-refractivity contribution >= 4 is 5.78 Å². The molecule has 0 saturated heterocycles. The van der Waals surface area contributed by atoms with Gasteiger partial charge in [0.2, 0.25) is 0 Å². The van der Waals surface area contributed by atoms with Gasteiger partial charge >= 0.3 is 0 Å². The normalized spacial score (nSPS) is 14.0. The molecule has 0 fully saturated rings. The molecule has 1 heteroatoms. The van der Waals surface area contributed by atoms with Gasteiger partial charge in [-0.1, -0.05) is 122 Å². The van der Waals surface area contributed by atoms with Crippen molar-refractivity contribution in [2.75, 3.05) is 0 Å². The third-order valence-corrected chi connectivity index (χ3v) is 2.97. The van der Waals surface area contributed by atoms with Gasteiger partial charge < -0.3 is 0 Å². The molecule has 0 aliphatic carbocycles. The first-order chi connectivity index (χ1) is 13.3. The first-order valence-electron chi connectivity index (χ1n) is 9.07. The van der Waals surface area contributed by atoms with Crippen molar-refractivity contribution in [2.24, 2.45) is 0 Å². The van der Waals surface area contributed by atoms with E-state index in [4.69, 9.17) is 0 Å². The molecule has 0 bridgehead atoms. The minimum Gasteiger partial charge on any atom is -0.290 e. The second-order valence-electron chi connectivity index (χ2n) is 5.22. The summed E-state index contributed by atoms with van der Waals surface area (Å²) in [5.74, 6) is -0.0952. The van der Waals surface area contributed by atoms with Gasteiger partial charge in [-0.15, -0.1) is 0 Å². The summed E-state index contributed by atoms with van der Waals surface area (Å²) < 4.78 is 0. The molecule has 0 aliphatic rings. The van der Waals surface area contributed by atoms with Crippen LogP contribution < -0.4 is 0 Å². The number of hydrogen-bond donors (Lipinski definition) is 0. The molecule has 1 nitrogen and oxygen atoms in total. The van der Waals surface area contributed by atoms with Crippen molar-refractivity contribution in [1.29, 1.82) is 0 Å². The van der Waals surface area contributed by atoms with Gasteiger partial charge in [0.25, 0.3) is 0 Å². The summed E-state index contributed by atoms with van der Waals surface area (Å²) >= 11 is 0. The lowest BCUT2D eigenvalue weighted by molar-refractivity contribution is -0.110. The number of hydrogen-bond acceptors (Lipinski definition) is 1. The summed E-state index contributed by atoms with van der Waals surface area (Å²) in [4.78, 5) is 10.9. The van der Waals surface area contributed by atoms with Gasteiger partial charge in [-0.25, -0.2) is 0 Å². The first kappa shape index (κ1) is 23.8. The zero-order chi connectivity index (χ0) is 19.8. The Morgan fingerprint density at radius 1 is 0.593 bits per heavy atom. The first-order valence-corrected chi connectivity index (χ1v) is 9.07. The van der Waals surface area contributed by atoms with E-state index < -0.39 is 0 Å². The van der Waals surface area contributed by atoms with Crippen molar-refractivity contribution in [1.82, 2.24) is 0 Å². The lowest BCUT2D eigenvalue weighted by atomic mass is 10.3. The van der Waals surface area contributed by atoms with Crippen molar-refractivity contribution in [2.45, 2.75) is 19.8 Å². The zero-order valence-electron chi connectivity index (χ0n) is 16.2. The maximum absolute atomic E-state index is 10.9. The van der Waals surface area contributed by atoms with Crippen molar-refractivity contribution in [3.05, 3.63) is 134 Å². The predicted molar refractivity (Wildman–Crippen MR) is 122 cm³/mol. The fourth-order valence-corrected chi connectivity index (χ4v) is 1.63. The Hall–Kier alpha value is -3.19. The standard InChI is InChI=1S/C26H30O/c1-3-5-6-7-8-9-10-11-12-13-14-15-16-17-18-19-20-21-22-23-24-25-26(27)4-2/h3-9,11-12,14-25H,2,10,13H2,1H3/b5-3+,7-6+,9-8+,12-11+,15-14+,17-16+,19-18+,21-20+,23-22+,25-24+. The van der Waals surface area contributed by atoms with E-state index >= 15 is 0 Å². The molecule has 0 radical (unpaired) electrons. The maximum atomic E-state index is 10.9. The van der Waals surface area contributed by atoms with E-state index in [2.05, 4.69) is 37.0 Å². The molecule has 0 amide bonds. The molecular formula is C26H30O. The van der Waals surface area contributed by atoms with Crippen LogP contribution in [0.4, 0.5) is 0 Å². The molecule has 0 N–H and O–H groups in total. The van der Waals surface area contributed by atoms with Gasteiger partial charge in [0.05, 0.1) is 0 Å². The third-order valence-electron chi connectivity index (χ3n) is 2.97. The lowest BCUT2D eigenvalue weighted by Gasteiger charge is -1.82. The number of carbonyl (C=O) groups is 1. The quantitative estimate of drug-likeness (QED) is 0.195. The van der Waals surface area contributed by atoms with E-state index in [0.29, 0.717) is 0 Å². The molecule has 0 rings (SSSR count). The SMILES string of the molecule is C=CC(=O)/C=C/C=C/C=C/C=C/C=C/C=C/C/C=C/C/C=C/C=C/C=C/C. The fraction of sp³-hybridized carbons (Fsp3) is 0.115. The Morgan fingerprint density at radius 3 is 1.44 bits per heavy atom. The number of ketones is 1. The highest BCUT2D eigenvalue weighted by atomic mass is 16.1. The highest BCUT2D eigenvalue weighted by Crippen LogP contribution is 1.92. The minimum absolute atomic E-state index is 0.0952. The van der Waals surface area contributed by atoms with Crippen LogP contribution in [0, 0.1) is 0 Å². The molecule has 0 heterocycles. The topological polar surface area (TPSA) is 17.1 Å². The molecule has 0 unspecified atom stereocenters. The van der Waals surface area contributed by atoms with Crippen molar-refractivity contribution in [3.63, 3.8) is 0 Å². The third kappa shape index (κ3) is 20.8. The molecule has 140 valence electrons. The van der Waals surface area contributed by atoms with Crippen LogP contribution >= 0.6 is 0 Å². The van der Waals surface area contributed by atoms with Crippen LogP contribution in [0.15, 0.2) is 134 Å². The van der Waals surface area contributed by atoms with Crippen molar-refractivity contribution in [3.8, 4) is 0 Å². The molecular weight excluding hydrogens is 328 g/mol. The van der Waals surface area contributed by atoms with Crippen LogP contribution in [0.25, 0.3) is 0 Å². The average molecular weight is 359 g/mol. The number of carbonyl (C=O) groups excluding carboxylic acids is 1. The van der Waals surface area contributed by atoms with Crippen LogP contribution in [-0.4, -0.2) is 5.78 Å². The summed E-state index contributed by atoms with van der Waals surface area (Å²) in [5, 5.41) is 0. The highest BCUT2D eigenvalue weighted by molar-refractivity contribution is 5.98. The second-order valence-corrected chi connectivity index (χ2v) is 5.22. The van der Waals surface area contributed by atoms with E-state index in [-0.39, 0.29) is 5.78 Å². The molecule has 0 aliphatic heterocycles. The van der Waals surface area contributed by atoms with Crippen LogP contribution in [0.1, 0.15) is 19.8 Å². The molecule has 0 atom stereocenters. The molecule has 0 saturated carbocycles. The summed E-state index contributed by atoms with van der Waals surface area (Å²) in [5.41, 5.74) is 0. The van der Waals surface area contributed by atoms with Crippen molar-refractivity contribution < 1.29 is 4.79 Å². The molecule has 27 heavy (non-hydrogen) atoms.